The molecule has 2 amide bonds. The standard InChI is InChI=1S/C18H32N2O7S3/c1-13(25-12-21)26-16(23)10-19-15(22)7-9-29-30-11-14(6-8-28-5)20-17(24)27-18(2,3)4/h12-14H,6-11H2,1-5H3,(H,19,22)(H,20,24). The molecule has 30 heavy (non-hydrogen) atoms. The van der Waals surface area contributed by atoms with Crippen LogP contribution in [0.15, 0.2) is 0 Å². The molecule has 0 fully saturated rings. The van der Waals surface area contributed by atoms with E-state index < -0.39 is 24.0 Å². The Morgan fingerprint density at radius 1 is 1.13 bits per heavy atom. The van der Waals surface area contributed by atoms with Gasteiger partial charge in [0.25, 0.3) is 6.47 Å². The maximum Gasteiger partial charge on any atom is 0.407 e. The van der Waals surface area contributed by atoms with Gasteiger partial charge in [0.15, 0.2) is 0 Å². The highest BCUT2D eigenvalue weighted by Crippen LogP contribution is 2.24. The van der Waals surface area contributed by atoms with Crippen molar-refractivity contribution in [3.63, 3.8) is 0 Å². The van der Waals surface area contributed by atoms with Crippen LogP contribution in [0.25, 0.3) is 0 Å². The van der Waals surface area contributed by atoms with Gasteiger partial charge in [-0.25, -0.2) is 4.79 Å². The van der Waals surface area contributed by atoms with Crippen molar-refractivity contribution >= 4 is 57.8 Å². The lowest BCUT2D eigenvalue weighted by molar-refractivity contribution is -0.175. The maximum absolute atomic E-state index is 12.0. The summed E-state index contributed by atoms with van der Waals surface area (Å²) in [5, 5.41) is 5.34. The number of hydrogen-bond acceptors (Lipinski definition) is 10. The van der Waals surface area contributed by atoms with E-state index >= 15 is 0 Å². The van der Waals surface area contributed by atoms with E-state index in [2.05, 4.69) is 15.4 Å². The van der Waals surface area contributed by atoms with Gasteiger partial charge in [-0.2, -0.15) is 11.8 Å². The van der Waals surface area contributed by atoms with Crippen LogP contribution in [-0.2, 0) is 28.6 Å². The molecule has 12 heteroatoms. The third-order valence-corrected chi connectivity index (χ3v) is 6.26. The highest BCUT2D eigenvalue weighted by molar-refractivity contribution is 8.76. The van der Waals surface area contributed by atoms with E-state index in [0.29, 0.717) is 11.5 Å². The summed E-state index contributed by atoms with van der Waals surface area (Å²) in [6.07, 6.45) is 1.64. The van der Waals surface area contributed by atoms with E-state index in [0.717, 1.165) is 12.2 Å². The second-order valence-electron chi connectivity index (χ2n) is 7.05. The van der Waals surface area contributed by atoms with Gasteiger partial charge < -0.3 is 24.8 Å². The van der Waals surface area contributed by atoms with E-state index in [4.69, 9.17) is 9.47 Å². The molecule has 9 nitrogen and oxygen atoms in total. The van der Waals surface area contributed by atoms with Crippen LogP contribution in [-0.4, -0.2) is 72.4 Å². The smallest absolute Gasteiger partial charge is 0.407 e. The Morgan fingerprint density at radius 2 is 1.83 bits per heavy atom. The van der Waals surface area contributed by atoms with Gasteiger partial charge in [-0.15, -0.1) is 0 Å². The number of nitrogens with one attached hydrogen (secondary N) is 2. The third-order valence-electron chi connectivity index (χ3n) is 3.13. The minimum absolute atomic E-state index is 0.0241. The average molecular weight is 485 g/mol. The van der Waals surface area contributed by atoms with Crippen molar-refractivity contribution in [1.29, 1.82) is 0 Å². The lowest BCUT2D eigenvalue weighted by Crippen LogP contribution is -2.40. The Morgan fingerprint density at radius 3 is 2.43 bits per heavy atom. The molecule has 0 aliphatic heterocycles. The Hall–Kier alpha value is -1.27. The number of esters is 1. The number of thioether (sulfide) groups is 1. The zero-order valence-electron chi connectivity index (χ0n) is 18.1. The zero-order valence-corrected chi connectivity index (χ0v) is 20.5. The lowest BCUT2D eigenvalue weighted by atomic mass is 10.2. The largest absolute Gasteiger partial charge is 0.444 e. The monoisotopic (exact) mass is 484 g/mol. The van der Waals surface area contributed by atoms with Crippen molar-refractivity contribution in [2.45, 2.75) is 58.5 Å². The molecule has 2 atom stereocenters. The quantitative estimate of drug-likeness (QED) is 0.118. The van der Waals surface area contributed by atoms with Crippen molar-refractivity contribution in [3.8, 4) is 0 Å². The summed E-state index contributed by atoms with van der Waals surface area (Å²) >= 11 is 1.71. The second kappa shape index (κ2) is 16.4. The molecule has 0 rings (SSSR count). The number of alkyl carbamates (subject to hydrolysis) is 1. The lowest BCUT2D eigenvalue weighted by Gasteiger charge is -2.23. The summed E-state index contributed by atoms with van der Waals surface area (Å²) in [6.45, 7) is 6.74. The molecule has 0 radical (unpaired) electrons. The van der Waals surface area contributed by atoms with Crippen molar-refractivity contribution in [2.24, 2.45) is 0 Å². The number of ether oxygens (including phenoxy) is 3. The number of amides is 2. The van der Waals surface area contributed by atoms with Gasteiger partial charge >= 0.3 is 12.1 Å². The van der Waals surface area contributed by atoms with Crippen LogP contribution < -0.4 is 10.6 Å². The molecule has 0 aromatic carbocycles. The predicted octanol–water partition coefficient (Wildman–Crippen LogP) is 2.58. The first-order chi connectivity index (χ1) is 14.1. The predicted molar refractivity (Wildman–Crippen MR) is 121 cm³/mol. The Kier molecular flexibility index (Phi) is 15.7. The van der Waals surface area contributed by atoms with Gasteiger partial charge in [-0.1, -0.05) is 21.6 Å². The van der Waals surface area contributed by atoms with Crippen molar-refractivity contribution < 1.29 is 33.4 Å². The normalized spacial score (nSPS) is 13.0. The Labute approximate surface area is 190 Å². The van der Waals surface area contributed by atoms with Crippen LogP contribution in [0.2, 0.25) is 0 Å². The highest BCUT2D eigenvalue weighted by atomic mass is 33.1. The number of carbonyl (C=O) groups excluding carboxylic acids is 4. The topological polar surface area (TPSA) is 120 Å². The van der Waals surface area contributed by atoms with Gasteiger partial charge in [-0.05, 0) is 39.2 Å². The first-order valence-corrected chi connectivity index (χ1v) is 13.2. The van der Waals surface area contributed by atoms with Crippen LogP contribution in [0.1, 0.15) is 40.5 Å². The van der Waals surface area contributed by atoms with Crippen LogP contribution in [0.4, 0.5) is 4.79 Å². The highest BCUT2D eigenvalue weighted by Gasteiger charge is 2.19. The van der Waals surface area contributed by atoms with Crippen LogP contribution in [0, 0.1) is 0 Å². The molecular formula is C18H32N2O7S3. The van der Waals surface area contributed by atoms with Gasteiger partial charge in [0, 0.05) is 30.9 Å². The molecule has 0 saturated heterocycles. The fourth-order valence-corrected chi connectivity index (χ4v) is 4.65. The second-order valence-corrected chi connectivity index (χ2v) is 10.7. The van der Waals surface area contributed by atoms with E-state index in [1.165, 1.54) is 17.7 Å². The summed E-state index contributed by atoms with van der Waals surface area (Å²) in [7, 11) is 3.08. The van der Waals surface area contributed by atoms with Crippen molar-refractivity contribution in [2.75, 3.05) is 30.1 Å². The number of rotatable bonds is 15. The molecule has 0 heterocycles. The first kappa shape index (κ1) is 28.7. The molecule has 2 N–H and O–H groups in total. The van der Waals surface area contributed by atoms with E-state index in [9.17, 15) is 19.2 Å². The van der Waals surface area contributed by atoms with Crippen LogP contribution in [0.5, 0.6) is 0 Å². The molecule has 2 unspecified atom stereocenters. The van der Waals surface area contributed by atoms with Crippen LogP contribution >= 0.6 is 33.3 Å². The molecule has 0 aliphatic carbocycles. The van der Waals surface area contributed by atoms with E-state index in [-0.39, 0.29) is 31.4 Å². The van der Waals surface area contributed by atoms with Crippen molar-refractivity contribution in [1.82, 2.24) is 10.6 Å². The van der Waals surface area contributed by atoms with Gasteiger partial charge in [0.2, 0.25) is 12.2 Å². The Bertz CT molecular complexity index is 544. The summed E-state index contributed by atoms with van der Waals surface area (Å²) < 4.78 is 14.5. The van der Waals surface area contributed by atoms with Crippen LogP contribution in [0.3, 0.4) is 0 Å². The minimum Gasteiger partial charge on any atom is -0.444 e. The summed E-state index contributed by atoms with van der Waals surface area (Å²) in [6, 6.07) is -0.0241. The first-order valence-electron chi connectivity index (χ1n) is 9.35. The number of hydrogen-bond donors (Lipinski definition) is 2. The van der Waals surface area contributed by atoms with Crippen molar-refractivity contribution in [3.05, 3.63) is 0 Å². The van der Waals surface area contributed by atoms with Gasteiger partial charge in [0.1, 0.15) is 12.1 Å². The Balaban J connectivity index is 4.06. The minimum atomic E-state index is -0.993. The summed E-state index contributed by atoms with van der Waals surface area (Å²) in [5.41, 5.74) is -0.546. The SMILES string of the molecule is CSCCC(CSSCCC(=O)NCC(=O)OC(C)OC=O)NC(=O)OC(C)(C)C. The number of carbonyl (C=O) groups is 4. The summed E-state index contributed by atoms with van der Waals surface area (Å²) in [5.74, 6) is 1.19. The fourth-order valence-electron chi connectivity index (χ4n) is 1.85. The van der Waals surface area contributed by atoms with E-state index in [1.807, 2.05) is 27.0 Å². The maximum atomic E-state index is 12.0. The fraction of sp³-hybridized carbons (Fsp3) is 0.778. The molecule has 0 saturated carbocycles. The third kappa shape index (κ3) is 17.6. The molecule has 0 aliphatic rings. The molecule has 174 valence electrons. The average Bonchev–Trinajstić information content (AvgIpc) is 2.62. The molecule has 0 aromatic heterocycles. The van der Waals surface area contributed by atoms with Gasteiger partial charge in [0.05, 0.1) is 0 Å². The van der Waals surface area contributed by atoms with Gasteiger partial charge in [-0.3, -0.25) is 14.4 Å². The molecule has 0 aromatic rings. The molecule has 0 spiro atoms. The zero-order chi connectivity index (χ0) is 23.0. The molecular weight excluding hydrogens is 452 g/mol. The van der Waals surface area contributed by atoms with E-state index in [1.54, 1.807) is 22.6 Å². The summed E-state index contributed by atoms with van der Waals surface area (Å²) in [4.78, 5) is 45.3. The molecule has 0 bridgehead atoms.